The monoisotopic (exact) mass is 405 g/mol. The second-order valence-corrected chi connectivity index (χ2v) is 8.33. The van der Waals surface area contributed by atoms with E-state index in [9.17, 15) is 14.4 Å². The van der Waals surface area contributed by atoms with Gasteiger partial charge in [0.05, 0.1) is 0 Å². The van der Waals surface area contributed by atoms with E-state index in [4.69, 9.17) is 0 Å². The summed E-state index contributed by atoms with van der Waals surface area (Å²) >= 11 is 0. The molecule has 2 fully saturated rings. The minimum Gasteiger partial charge on any atom is -0.341 e. The molecule has 0 aliphatic carbocycles. The van der Waals surface area contributed by atoms with E-state index in [1.54, 1.807) is 24.0 Å². The fourth-order valence-corrected chi connectivity index (χ4v) is 4.38. The smallest absolute Gasteiger partial charge is 0.325 e. The normalized spacial score (nSPS) is 22.3. The predicted octanol–water partition coefficient (Wildman–Crippen LogP) is 2.93. The van der Waals surface area contributed by atoms with Gasteiger partial charge in [0.25, 0.3) is 5.91 Å². The van der Waals surface area contributed by atoms with Crippen molar-refractivity contribution in [1.82, 2.24) is 15.1 Å². The molecule has 0 radical (unpaired) electrons. The Morgan fingerprint density at radius 3 is 2.23 bits per heavy atom. The Morgan fingerprint density at radius 2 is 1.60 bits per heavy atom. The summed E-state index contributed by atoms with van der Waals surface area (Å²) < 4.78 is 0. The molecule has 0 saturated carbocycles. The van der Waals surface area contributed by atoms with Gasteiger partial charge in [0.2, 0.25) is 5.91 Å². The summed E-state index contributed by atoms with van der Waals surface area (Å²) in [6, 6.07) is 19.0. The molecule has 156 valence electrons. The third-order valence-corrected chi connectivity index (χ3v) is 6.25. The van der Waals surface area contributed by atoms with Crippen molar-refractivity contribution in [3.05, 3.63) is 71.8 Å². The minimum absolute atomic E-state index is 0.172. The molecule has 4 amide bonds. The lowest BCUT2D eigenvalue weighted by Gasteiger charge is -2.33. The van der Waals surface area contributed by atoms with Crippen LogP contribution in [-0.4, -0.2) is 47.3 Å². The highest BCUT2D eigenvalue weighted by Crippen LogP contribution is 2.29. The van der Waals surface area contributed by atoms with Gasteiger partial charge in [-0.2, -0.15) is 0 Å². The lowest BCUT2D eigenvalue weighted by atomic mass is 9.90. The summed E-state index contributed by atoms with van der Waals surface area (Å²) in [5.74, 6) is -0.00507. The predicted molar refractivity (Wildman–Crippen MR) is 113 cm³/mol. The quantitative estimate of drug-likeness (QED) is 0.778. The molecule has 0 bridgehead atoms. The molecule has 30 heavy (non-hydrogen) atoms. The molecular formula is C24H27N3O3. The molecule has 2 saturated heterocycles. The molecule has 0 spiro atoms. The molecule has 1 atom stereocenters. The number of hydrogen-bond donors (Lipinski definition) is 1. The SMILES string of the molecule is C[C@@]1(c2ccccc2)NC(=O)N(CC(=O)N2CCC(Cc3ccccc3)CC2)C1=O. The highest BCUT2D eigenvalue weighted by molar-refractivity contribution is 6.09. The number of rotatable bonds is 5. The van der Waals surface area contributed by atoms with Crippen molar-refractivity contribution < 1.29 is 14.4 Å². The number of carbonyl (C=O) groups excluding carboxylic acids is 3. The van der Waals surface area contributed by atoms with Crippen LogP contribution in [0.5, 0.6) is 0 Å². The van der Waals surface area contributed by atoms with E-state index >= 15 is 0 Å². The van der Waals surface area contributed by atoms with Crippen molar-refractivity contribution in [2.45, 2.75) is 31.7 Å². The number of amides is 4. The van der Waals surface area contributed by atoms with Crippen molar-refractivity contribution in [1.29, 1.82) is 0 Å². The fraction of sp³-hybridized carbons (Fsp3) is 0.375. The molecule has 0 aromatic heterocycles. The topological polar surface area (TPSA) is 69.7 Å². The zero-order valence-corrected chi connectivity index (χ0v) is 17.2. The van der Waals surface area contributed by atoms with Gasteiger partial charge in [-0.05, 0) is 43.2 Å². The average Bonchev–Trinajstić information content (AvgIpc) is 2.99. The zero-order chi connectivity index (χ0) is 21.1. The number of imide groups is 1. The first kappa shape index (κ1) is 20.1. The van der Waals surface area contributed by atoms with Gasteiger partial charge in [-0.1, -0.05) is 60.7 Å². The largest absolute Gasteiger partial charge is 0.341 e. The zero-order valence-electron chi connectivity index (χ0n) is 17.2. The molecule has 4 rings (SSSR count). The van der Waals surface area contributed by atoms with Crippen LogP contribution in [0.2, 0.25) is 0 Å². The molecule has 2 aromatic rings. The van der Waals surface area contributed by atoms with E-state index < -0.39 is 11.6 Å². The van der Waals surface area contributed by atoms with Crippen molar-refractivity contribution in [2.75, 3.05) is 19.6 Å². The Labute approximate surface area is 176 Å². The van der Waals surface area contributed by atoms with Gasteiger partial charge in [-0.3, -0.25) is 14.5 Å². The lowest BCUT2D eigenvalue weighted by molar-refractivity contribution is -0.139. The summed E-state index contributed by atoms with van der Waals surface area (Å²) in [5, 5.41) is 2.76. The van der Waals surface area contributed by atoms with Crippen LogP contribution in [0, 0.1) is 5.92 Å². The summed E-state index contributed by atoms with van der Waals surface area (Å²) in [4.78, 5) is 41.1. The molecule has 6 nitrogen and oxygen atoms in total. The first-order chi connectivity index (χ1) is 14.5. The maximum Gasteiger partial charge on any atom is 0.325 e. The van der Waals surface area contributed by atoms with Gasteiger partial charge in [0, 0.05) is 13.1 Å². The van der Waals surface area contributed by atoms with E-state index in [2.05, 4.69) is 29.6 Å². The van der Waals surface area contributed by atoms with Gasteiger partial charge >= 0.3 is 6.03 Å². The van der Waals surface area contributed by atoms with Crippen LogP contribution in [0.4, 0.5) is 4.79 Å². The minimum atomic E-state index is -1.14. The summed E-state index contributed by atoms with van der Waals surface area (Å²) in [6.45, 7) is 2.80. The summed E-state index contributed by atoms with van der Waals surface area (Å²) in [5.41, 5.74) is 0.892. The first-order valence-electron chi connectivity index (χ1n) is 10.5. The van der Waals surface area contributed by atoms with Crippen molar-refractivity contribution >= 4 is 17.8 Å². The Morgan fingerprint density at radius 1 is 1.00 bits per heavy atom. The van der Waals surface area contributed by atoms with E-state index in [0.29, 0.717) is 24.6 Å². The van der Waals surface area contributed by atoms with Crippen LogP contribution in [-0.2, 0) is 21.5 Å². The van der Waals surface area contributed by atoms with Gasteiger partial charge in [0.1, 0.15) is 12.1 Å². The third kappa shape index (κ3) is 3.95. The molecule has 2 aromatic carbocycles. The number of hydrogen-bond acceptors (Lipinski definition) is 3. The molecule has 2 aliphatic heterocycles. The maximum absolute atomic E-state index is 13.0. The summed E-state index contributed by atoms with van der Waals surface area (Å²) in [7, 11) is 0. The van der Waals surface area contributed by atoms with Crippen LogP contribution in [0.15, 0.2) is 60.7 Å². The van der Waals surface area contributed by atoms with Crippen LogP contribution < -0.4 is 5.32 Å². The summed E-state index contributed by atoms with van der Waals surface area (Å²) in [6.07, 6.45) is 2.89. The van der Waals surface area contributed by atoms with E-state index in [1.807, 2.05) is 24.3 Å². The van der Waals surface area contributed by atoms with Crippen molar-refractivity contribution in [3.8, 4) is 0 Å². The van der Waals surface area contributed by atoms with Gasteiger partial charge in [0.15, 0.2) is 0 Å². The third-order valence-electron chi connectivity index (χ3n) is 6.25. The Bertz CT molecular complexity index is 923. The molecule has 2 aliphatic rings. The molecule has 0 unspecified atom stereocenters. The van der Waals surface area contributed by atoms with Crippen molar-refractivity contribution in [3.63, 3.8) is 0 Å². The van der Waals surface area contributed by atoms with Gasteiger partial charge < -0.3 is 10.2 Å². The number of nitrogens with zero attached hydrogens (tertiary/aromatic N) is 2. The number of piperidine rings is 1. The molecule has 6 heteroatoms. The number of nitrogens with one attached hydrogen (secondary N) is 1. The van der Waals surface area contributed by atoms with Crippen molar-refractivity contribution in [2.24, 2.45) is 5.92 Å². The maximum atomic E-state index is 13.0. The van der Waals surface area contributed by atoms with Crippen LogP contribution in [0.25, 0.3) is 0 Å². The van der Waals surface area contributed by atoms with Gasteiger partial charge in [-0.15, -0.1) is 0 Å². The Hall–Kier alpha value is -3.15. The lowest BCUT2D eigenvalue weighted by Crippen LogP contribution is -2.46. The molecule has 2 heterocycles. The number of carbonyl (C=O) groups is 3. The second-order valence-electron chi connectivity index (χ2n) is 8.33. The Kier molecular flexibility index (Phi) is 5.57. The average molecular weight is 405 g/mol. The highest BCUT2D eigenvalue weighted by atomic mass is 16.2. The van der Waals surface area contributed by atoms with E-state index in [-0.39, 0.29) is 18.4 Å². The van der Waals surface area contributed by atoms with Gasteiger partial charge in [-0.25, -0.2) is 4.79 Å². The first-order valence-corrected chi connectivity index (χ1v) is 10.5. The highest BCUT2D eigenvalue weighted by Gasteiger charge is 2.49. The van der Waals surface area contributed by atoms with Crippen LogP contribution in [0.3, 0.4) is 0 Å². The number of likely N-dealkylation sites (tertiary alicyclic amines) is 1. The van der Waals surface area contributed by atoms with E-state index in [0.717, 1.165) is 24.2 Å². The van der Waals surface area contributed by atoms with Crippen LogP contribution in [0.1, 0.15) is 30.9 Å². The number of benzene rings is 2. The van der Waals surface area contributed by atoms with E-state index in [1.165, 1.54) is 5.56 Å². The Balaban J connectivity index is 1.34. The fourth-order valence-electron chi connectivity index (χ4n) is 4.38. The standard InChI is InChI=1S/C24H27N3O3/c1-24(20-10-6-3-7-11-20)22(29)27(23(30)25-24)17-21(28)26-14-12-19(13-15-26)16-18-8-4-2-5-9-18/h2-11,19H,12-17H2,1H3,(H,25,30)/t24-/m0/s1. The molecule has 1 N–H and O–H groups in total. The van der Waals surface area contributed by atoms with Crippen LogP contribution >= 0.6 is 0 Å². The number of urea groups is 1. The second kappa shape index (κ2) is 8.30. The molecular weight excluding hydrogens is 378 g/mol.